The summed E-state index contributed by atoms with van der Waals surface area (Å²) in [5.41, 5.74) is 4.11. The number of aromatic nitrogens is 5. The normalized spacial score (nSPS) is 15.8. The molecule has 8 heteroatoms. The highest BCUT2D eigenvalue weighted by atomic mass is 15.2. The van der Waals surface area contributed by atoms with E-state index in [1.165, 1.54) is 11.3 Å². The molecule has 1 aliphatic heterocycles. The van der Waals surface area contributed by atoms with Gasteiger partial charge >= 0.3 is 0 Å². The molecule has 0 radical (unpaired) electrons. The first-order valence-corrected chi connectivity index (χ1v) is 11.6. The van der Waals surface area contributed by atoms with Gasteiger partial charge in [0.1, 0.15) is 23.2 Å². The van der Waals surface area contributed by atoms with Crippen LogP contribution in [0.15, 0.2) is 67.0 Å². The summed E-state index contributed by atoms with van der Waals surface area (Å²) in [5.74, 6) is 2.68. The zero-order valence-electron chi connectivity index (χ0n) is 19.4. The van der Waals surface area contributed by atoms with Crippen molar-refractivity contribution in [2.75, 3.05) is 29.9 Å². The van der Waals surface area contributed by atoms with E-state index in [-0.39, 0.29) is 0 Å². The number of nitrogens with one attached hydrogen (secondary N) is 2. The van der Waals surface area contributed by atoms with Gasteiger partial charge in [-0.1, -0.05) is 18.2 Å². The van der Waals surface area contributed by atoms with Gasteiger partial charge in [0.15, 0.2) is 5.82 Å². The van der Waals surface area contributed by atoms with E-state index in [0.29, 0.717) is 29.9 Å². The summed E-state index contributed by atoms with van der Waals surface area (Å²) < 4.78 is 0. The van der Waals surface area contributed by atoms with Gasteiger partial charge in [-0.3, -0.25) is 0 Å². The number of aryl methyl sites for hydroxylation is 1. The van der Waals surface area contributed by atoms with Crippen molar-refractivity contribution >= 4 is 17.3 Å². The van der Waals surface area contributed by atoms with Crippen LogP contribution >= 0.6 is 0 Å². The average Bonchev–Trinajstić information content (AvgIpc) is 2.85. The molecule has 2 N–H and O–H groups in total. The van der Waals surface area contributed by atoms with Crippen molar-refractivity contribution in [2.24, 2.45) is 0 Å². The van der Waals surface area contributed by atoms with Crippen molar-refractivity contribution in [3.8, 4) is 11.5 Å². The number of rotatable bonds is 6. The van der Waals surface area contributed by atoms with Crippen molar-refractivity contribution in [2.45, 2.75) is 26.3 Å². The Morgan fingerprint density at radius 2 is 1.74 bits per heavy atom. The molecule has 8 nitrogen and oxygen atoms in total. The van der Waals surface area contributed by atoms with Crippen LogP contribution in [0.1, 0.15) is 24.0 Å². The van der Waals surface area contributed by atoms with Crippen LogP contribution in [0.25, 0.3) is 11.5 Å². The van der Waals surface area contributed by atoms with Gasteiger partial charge in [-0.25, -0.2) is 24.9 Å². The van der Waals surface area contributed by atoms with Gasteiger partial charge in [0.25, 0.3) is 0 Å². The number of hydrogen-bond donors (Lipinski definition) is 2. The first-order valence-electron chi connectivity index (χ1n) is 11.6. The molecule has 0 aliphatic carbocycles. The van der Waals surface area contributed by atoms with Gasteiger partial charge in [0, 0.05) is 55.9 Å². The predicted molar refractivity (Wildman–Crippen MR) is 134 cm³/mol. The maximum Gasteiger partial charge on any atom is 0.180 e. The van der Waals surface area contributed by atoms with Crippen LogP contribution in [-0.4, -0.2) is 50.6 Å². The fraction of sp³-hybridized carbons (Fsp3) is 0.269. The van der Waals surface area contributed by atoms with Crippen molar-refractivity contribution in [3.63, 3.8) is 0 Å². The minimum absolute atomic E-state index is 0.495. The van der Waals surface area contributed by atoms with Crippen LogP contribution in [0.3, 0.4) is 0 Å². The zero-order chi connectivity index (χ0) is 23.3. The minimum Gasteiger partial charge on any atom is -0.366 e. The van der Waals surface area contributed by atoms with Gasteiger partial charge in [-0.05, 0) is 55.8 Å². The number of anilines is 3. The minimum atomic E-state index is 0.495. The number of benzene rings is 1. The zero-order valence-corrected chi connectivity index (χ0v) is 19.4. The molecule has 4 aromatic rings. The maximum atomic E-state index is 4.69. The fourth-order valence-corrected chi connectivity index (χ4v) is 4.12. The van der Waals surface area contributed by atoms with E-state index in [2.05, 4.69) is 71.6 Å². The molecule has 1 atom stereocenters. The Kier molecular flexibility index (Phi) is 6.40. The summed E-state index contributed by atoms with van der Waals surface area (Å²) in [6, 6.07) is 18.7. The highest BCUT2D eigenvalue weighted by Gasteiger charge is 2.18. The Labute approximate surface area is 199 Å². The smallest absolute Gasteiger partial charge is 0.180 e. The monoisotopic (exact) mass is 452 g/mol. The lowest BCUT2D eigenvalue weighted by atomic mass is 10.1. The third-order valence-electron chi connectivity index (χ3n) is 5.87. The number of nitrogens with zero attached hydrogens (tertiary/aromatic N) is 6. The highest BCUT2D eigenvalue weighted by molar-refractivity contribution is 5.56. The molecule has 1 aromatic carbocycles. The Morgan fingerprint density at radius 1 is 0.941 bits per heavy atom. The van der Waals surface area contributed by atoms with E-state index in [1.54, 1.807) is 12.4 Å². The highest BCUT2D eigenvalue weighted by Crippen LogP contribution is 2.21. The number of piperazine rings is 1. The molecule has 0 bridgehead atoms. The summed E-state index contributed by atoms with van der Waals surface area (Å²) in [6.45, 7) is 7.28. The second-order valence-electron chi connectivity index (χ2n) is 8.50. The fourth-order valence-electron chi connectivity index (χ4n) is 4.12. The SMILES string of the molecule is Cc1cccc(-c2nccc(Nc3ccnc(Cc4ccc(N5CCNC[C@@H]5C)cc4)n3)n2)n1. The van der Waals surface area contributed by atoms with Gasteiger partial charge in [-0.15, -0.1) is 0 Å². The molecule has 1 fully saturated rings. The lowest BCUT2D eigenvalue weighted by Crippen LogP contribution is -2.49. The Bertz CT molecular complexity index is 1260. The summed E-state index contributed by atoms with van der Waals surface area (Å²) >= 11 is 0. The van der Waals surface area contributed by atoms with Crippen LogP contribution in [-0.2, 0) is 6.42 Å². The topological polar surface area (TPSA) is 91.8 Å². The van der Waals surface area contributed by atoms with E-state index < -0.39 is 0 Å². The summed E-state index contributed by atoms with van der Waals surface area (Å²) in [7, 11) is 0. The Morgan fingerprint density at radius 3 is 2.53 bits per heavy atom. The Hall–Kier alpha value is -3.91. The van der Waals surface area contributed by atoms with Crippen molar-refractivity contribution in [1.82, 2.24) is 30.2 Å². The van der Waals surface area contributed by atoms with Crippen LogP contribution in [0.2, 0.25) is 0 Å². The van der Waals surface area contributed by atoms with Gasteiger partial charge < -0.3 is 15.5 Å². The Balaban J connectivity index is 1.27. The molecule has 0 amide bonds. The largest absolute Gasteiger partial charge is 0.366 e. The lowest BCUT2D eigenvalue weighted by Gasteiger charge is -2.36. The van der Waals surface area contributed by atoms with Crippen molar-refractivity contribution in [3.05, 3.63) is 84.1 Å². The quantitative estimate of drug-likeness (QED) is 0.457. The molecule has 1 saturated heterocycles. The average molecular weight is 453 g/mol. The van der Waals surface area contributed by atoms with Crippen molar-refractivity contribution in [1.29, 1.82) is 0 Å². The van der Waals surface area contributed by atoms with E-state index in [9.17, 15) is 0 Å². The molecular weight excluding hydrogens is 424 g/mol. The predicted octanol–water partition coefficient (Wildman–Crippen LogP) is 3.77. The molecular formula is C26H28N8. The second kappa shape index (κ2) is 9.93. The maximum absolute atomic E-state index is 4.69. The first kappa shape index (κ1) is 21.9. The third kappa shape index (κ3) is 5.18. The van der Waals surface area contributed by atoms with Crippen LogP contribution in [0.4, 0.5) is 17.3 Å². The lowest BCUT2D eigenvalue weighted by molar-refractivity contribution is 0.501. The molecule has 172 valence electrons. The molecule has 0 saturated carbocycles. The van der Waals surface area contributed by atoms with Crippen LogP contribution in [0.5, 0.6) is 0 Å². The third-order valence-corrected chi connectivity index (χ3v) is 5.87. The van der Waals surface area contributed by atoms with E-state index in [1.807, 2.05) is 37.3 Å². The summed E-state index contributed by atoms with van der Waals surface area (Å²) in [5, 5.41) is 6.71. The van der Waals surface area contributed by atoms with Crippen LogP contribution < -0.4 is 15.5 Å². The summed E-state index contributed by atoms with van der Waals surface area (Å²) in [4.78, 5) is 25.1. The number of pyridine rings is 1. The second-order valence-corrected chi connectivity index (χ2v) is 8.50. The molecule has 0 unspecified atom stereocenters. The van der Waals surface area contributed by atoms with Gasteiger partial charge in [-0.2, -0.15) is 0 Å². The molecule has 4 heterocycles. The van der Waals surface area contributed by atoms with Crippen molar-refractivity contribution < 1.29 is 0 Å². The molecule has 3 aromatic heterocycles. The van der Waals surface area contributed by atoms with E-state index in [4.69, 9.17) is 0 Å². The van der Waals surface area contributed by atoms with E-state index in [0.717, 1.165) is 36.8 Å². The number of hydrogen-bond acceptors (Lipinski definition) is 8. The molecule has 5 rings (SSSR count). The molecule has 1 aliphatic rings. The molecule has 34 heavy (non-hydrogen) atoms. The van der Waals surface area contributed by atoms with Crippen LogP contribution in [0, 0.1) is 6.92 Å². The molecule has 0 spiro atoms. The first-order chi connectivity index (χ1) is 16.6. The van der Waals surface area contributed by atoms with Gasteiger partial charge in [0.05, 0.1) is 0 Å². The van der Waals surface area contributed by atoms with E-state index >= 15 is 0 Å². The van der Waals surface area contributed by atoms with Gasteiger partial charge in [0.2, 0.25) is 0 Å². The summed E-state index contributed by atoms with van der Waals surface area (Å²) in [6.07, 6.45) is 4.15. The standard InChI is InChI=1S/C26H28N8/c1-18-4-3-5-22(30-18)26-29-13-11-24(33-26)31-23-10-12-28-25(32-23)16-20-6-8-21(9-7-20)34-15-14-27-17-19(34)2/h3-13,19,27H,14-17H2,1-2H3,(H,28,29,31,32,33)/t19-/m0/s1.